The van der Waals surface area contributed by atoms with Gasteiger partial charge in [-0.25, -0.2) is 0 Å². The number of fused-ring (bicyclic) bond motifs is 1. The standard InChI is InChI=1S/C12H18N2O2S/c13-11(17)9-6-14(4-5-16-9)12(15)10-7-2-1-3-8(7)10/h7-10H,1-6H2,(H2,13,17). The zero-order valence-corrected chi connectivity index (χ0v) is 10.6. The van der Waals surface area contributed by atoms with Gasteiger partial charge in [-0.15, -0.1) is 0 Å². The van der Waals surface area contributed by atoms with E-state index in [9.17, 15) is 4.79 Å². The second kappa shape index (κ2) is 4.21. The lowest BCUT2D eigenvalue weighted by Crippen LogP contribution is -2.50. The molecule has 1 aliphatic heterocycles. The van der Waals surface area contributed by atoms with Gasteiger partial charge in [-0.05, 0) is 24.7 Å². The number of carbonyl (C=O) groups excluding carboxylic acids is 1. The van der Waals surface area contributed by atoms with Gasteiger partial charge in [-0.3, -0.25) is 4.79 Å². The summed E-state index contributed by atoms with van der Waals surface area (Å²) in [6, 6.07) is 0. The number of hydrogen-bond acceptors (Lipinski definition) is 3. The van der Waals surface area contributed by atoms with E-state index in [-0.39, 0.29) is 6.10 Å². The first-order chi connectivity index (χ1) is 8.18. The fourth-order valence-electron chi connectivity index (χ4n) is 3.42. The molecule has 3 aliphatic rings. The van der Waals surface area contributed by atoms with E-state index in [2.05, 4.69) is 0 Å². The molecule has 0 bridgehead atoms. The number of thiocarbonyl (C=S) groups is 1. The first kappa shape index (κ1) is 11.4. The van der Waals surface area contributed by atoms with Crippen LogP contribution in [0.25, 0.3) is 0 Å². The van der Waals surface area contributed by atoms with Gasteiger partial charge in [0.25, 0.3) is 0 Å². The van der Waals surface area contributed by atoms with Gasteiger partial charge >= 0.3 is 0 Å². The van der Waals surface area contributed by atoms with Crippen LogP contribution in [-0.2, 0) is 9.53 Å². The van der Waals surface area contributed by atoms with Crippen molar-refractivity contribution in [2.24, 2.45) is 23.5 Å². The van der Waals surface area contributed by atoms with E-state index >= 15 is 0 Å². The molecule has 2 N–H and O–H groups in total. The van der Waals surface area contributed by atoms with Gasteiger partial charge in [0.15, 0.2) is 0 Å². The Hall–Kier alpha value is -0.680. The molecule has 94 valence electrons. The monoisotopic (exact) mass is 254 g/mol. The SMILES string of the molecule is NC(=S)C1CN(C(=O)C2C3CCCC32)CCO1. The average molecular weight is 254 g/mol. The zero-order valence-electron chi connectivity index (χ0n) is 9.80. The summed E-state index contributed by atoms with van der Waals surface area (Å²) < 4.78 is 5.45. The number of hydrogen-bond donors (Lipinski definition) is 1. The molecule has 1 heterocycles. The second-order valence-electron chi connectivity index (χ2n) is 5.33. The molecule has 3 rings (SSSR count). The Kier molecular flexibility index (Phi) is 2.83. The first-order valence-corrected chi connectivity index (χ1v) is 6.79. The van der Waals surface area contributed by atoms with Crippen molar-refractivity contribution < 1.29 is 9.53 Å². The fourth-order valence-corrected chi connectivity index (χ4v) is 3.56. The van der Waals surface area contributed by atoms with Gasteiger partial charge in [0.2, 0.25) is 5.91 Å². The lowest BCUT2D eigenvalue weighted by molar-refractivity contribution is -0.138. The summed E-state index contributed by atoms with van der Waals surface area (Å²) in [7, 11) is 0. The van der Waals surface area contributed by atoms with Crippen molar-refractivity contribution in [3.05, 3.63) is 0 Å². The lowest BCUT2D eigenvalue weighted by Gasteiger charge is -2.32. The summed E-state index contributed by atoms with van der Waals surface area (Å²) in [4.78, 5) is 14.6. The van der Waals surface area contributed by atoms with Crippen LogP contribution in [0.15, 0.2) is 0 Å². The Bertz CT molecular complexity index is 350. The van der Waals surface area contributed by atoms with Crippen molar-refractivity contribution in [1.29, 1.82) is 0 Å². The molecule has 0 radical (unpaired) electrons. The summed E-state index contributed by atoms with van der Waals surface area (Å²) in [6.45, 7) is 1.79. The third-order valence-corrected chi connectivity index (χ3v) is 4.65. The molecule has 0 spiro atoms. The van der Waals surface area contributed by atoms with Crippen molar-refractivity contribution in [3.63, 3.8) is 0 Å². The summed E-state index contributed by atoms with van der Waals surface area (Å²) in [5.74, 6) is 1.96. The Labute approximate surface area is 106 Å². The number of amides is 1. The number of carbonyl (C=O) groups is 1. The maximum absolute atomic E-state index is 12.3. The van der Waals surface area contributed by atoms with Crippen LogP contribution in [0, 0.1) is 17.8 Å². The molecular weight excluding hydrogens is 236 g/mol. The second-order valence-corrected chi connectivity index (χ2v) is 5.80. The normalized spacial score (nSPS) is 39.9. The molecule has 2 saturated carbocycles. The van der Waals surface area contributed by atoms with E-state index in [1.165, 1.54) is 19.3 Å². The molecule has 17 heavy (non-hydrogen) atoms. The van der Waals surface area contributed by atoms with Crippen LogP contribution in [0.5, 0.6) is 0 Å². The van der Waals surface area contributed by atoms with Crippen molar-refractivity contribution in [1.82, 2.24) is 4.90 Å². The van der Waals surface area contributed by atoms with Crippen molar-refractivity contribution in [3.8, 4) is 0 Å². The average Bonchev–Trinajstić information content (AvgIpc) is 2.81. The number of ether oxygens (including phenoxy) is 1. The predicted octanol–water partition coefficient (Wildman–Crippen LogP) is 0.546. The Morgan fingerprint density at radius 3 is 2.71 bits per heavy atom. The molecule has 3 fully saturated rings. The maximum Gasteiger partial charge on any atom is 0.226 e. The van der Waals surface area contributed by atoms with E-state index in [1.54, 1.807) is 0 Å². The van der Waals surface area contributed by atoms with Crippen LogP contribution in [0.1, 0.15) is 19.3 Å². The van der Waals surface area contributed by atoms with Crippen molar-refractivity contribution in [2.75, 3.05) is 19.7 Å². The van der Waals surface area contributed by atoms with E-state index in [4.69, 9.17) is 22.7 Å². The van der Waals surface area contributed by atoms with E-state index in [0.717, 1.165) is 0 Å². The van der Waals surface area contributed by atoms with Gasteiger partial charge in [-0.1, -0.05) is 18.6 Å². The molecule has 5 heteroatoms. The topological polar surface area (TPSA) is 55.6 Å². The highest BCUT2D eigenvalue weighted by atomic mass is 32.1. The Morgan fingerprint density at radius 2 is 2.06 bits per heavy atom. The number of nitrogens with two attached hydrogens (primary N) is 1. The molecule has 2 aliphatic carbocycles. The van der Waals surface area contributed by atoms with E-state index < -0.39 is 0 Å². The number of rotatable bonds is 2. The highest BCUT2D eigenvalue weighted by molar-refractivity contribution is 7.80. The molecular formula is C12H18N2O2S. The molecule has 1 saturated heterocycles. The highest BCUT2D eigenvalue weighted by Gasteiger charge is 2.57. The first-order valence-electron chi connectivity index (χ1n) is 6.38. The van der Waals surface area contributed by atoms with Gasteiger partial charge in [0.1, 0.15) is 11.1 Å². The van der Waals surface area contributed by atoms with Crippen molar-refractivity contribution in [2.45, 2.75) is 25.4 Å². The molecule has 0 aromatic carbocycles. The summed E-state index contributed by atoms with van der Waals surface area (Å²) in [5.41, 5.74) is 5.58. The smallest absolute Gasteiger partial charge is 0.226 e. The van der Waals surface area contributed by atoms with Gasteiger partial charge in [0.05, 0.1) is 13.2 Å². The van der Waals surface area contributed by atoms with Crippen LogP contribution in [0.2, 0.25) is 0 Å². The number of morpholine rings is 1. The minimum absolute atomic E-state index is 0.249. The fraction of sp³-hybridized carbons (Fsp3) is 0.833. The van der Waals surface area contributed by atoms with Gasteiger partial charge < -0.3 is 15.4 Å². The molecule has 3 unspecified atom stereocenters. The Morgan fingerprint density at radius 1 is 1.35 bits per heavy atom. The quantitative estimate of drug-likeness (QED) is 0.731. The van der Waals surface area contributed by atoms with Crippen LogP contribution in [0.3, 0.4) is 0 Å². The predicted molar refractivity (Wildman–Crippen MR) is 67.4 cm³/mol. The van der Waals surface area contributed by atoms with Crippen molar-refractivity contribution >= 4 is 23.1 Å². The summed E-state index contributed by atoms with van der Waals surface area (Å²) >= 11 is 4.93. The van der Waals surface area contributed by atoms with E-state index in [1.807, 2.05) is 4.90 Å². The lowest BCUT2D eigenvalue weighted by atomic mass is 10.1. The van der Waals surface area contributed by atoms with Gasteiger partial charge in [-0.2, -0.15) is 0 Å². The molecule has 1 amide bonds. The van der Waals surface area contributed by atoms with Crippen LogP contribution in [0.4, 0.5) is 0 Å². The summed E-state index contributed by atoms with van der Waals surface area (Å²) in [6.07, 6.45) is 3.53. The minimum atomic E-state index is -0.249. The maximum atomic E-state index is 12.3. The van der Waals surface area contributed by atoms with Crippen LogP contribution >= 0.6 is 12.2 Å². The van der Waals surface area contributed by atoms with Gasteiger partial charge in [0, 0.05) is 12.5 Å². The van der Waals surface area contributed by atoms with Crippen LogP contribution < -0.4 is 5.73 Å². The molecule has 4 nitrogen and oxygen atoms in total. The molecule has 3 atom stereocenters. The van der Waals surface area contributed by atoms with Crippen LogP contribution in [-0.4, -0.2) is 41.6 Å². The molecule has 0 aromatic rings. The highest BCUT2D eigenvalue weighted by Crippen LogP contribution is 2.58. The zero-order chi connectivity index (χ0) is 12.0. The number of nitrogens with zero attached hydrogens (tertiary/aromatic N) is 1. The largest absolute Gasteiger partial charge is 0.391 e. The van der Waals surface area contributed by atoms with E-state index in [0.29, 0.717) is 48.3 Å². The minimum Gasteiger partial charge on any atom is -0.391 e. The molecule has 0 aromatic heterocycles. The third-order valence-electron chi connectivity index (χ3n) is 4.39. The Balaban J connectivity index is 1.60. The third kappa shape index (κ3) is 1.95. The summed E-state index contributed by atoms with van der Waals surface area (Å²) in [5, 5.41) is 0.